The van der Waals surface area contributed by atoms with Gasteiger partial charge in [-0.3, -0.25) is 9.79 Å². The molecule has 16 heavy (non-hydrogen) atoms. The average molecular weight is 224 g/mol. The topological polar surface area (TPSA) is 41.5 Å². The van der Waals surface area contributed by atoms with Gasteiger partial charge in [0.05, 0.1) is 0 Å². The second-order valence-corrected chi connectivity index (χ2v) is 3.70. The minimum atomic E-state index is -0.632. The number of carbonyl (C=O) groups is 1. The summed E-state index contributed by atoms with van der Waals surface area (Å²) in [7, 11) is 0. The van der Waals surface area contributed by atoms with Gasteiger partial charge < -0.3 is 5.32 Å². The molecule has 0 bridgehead atoms. The Morgan fingerprint density at radius 3 is 2.44 bits per heavy atom. The van der Waals surface area contributed by atoms with Crippen LogP contribution in [0.25, 0.3) is 0 Å². The molecule has 1 aromatic rings. The van der Waals surface area contributed by atoms with Crippen LogP contribution in [0.5, 0.6) is 0 Å². The summed E-state index contributed by atoms with van der Waals surface area (Å²) in [6, 6.07) is 2.83. The molecule has 0 saturated heterocycles. The van der Waals surface area contributed by atoms with Crippen LogP contribution in [-0.2, 0) is 11.2 Å². The number of rotatable bonds is 2. The number of halogens is 2. The zero-order chi connectivity index (χ0) is 11.7. The standard InChI is InChI=1S/C11H10F2N2O/c1-6-11(16)15-10(14-6)4-7-2-8(12)5-9(13)3-7/h2-3,5-6H,4H2,1H3,(H,14,15,16). The van der Waals surface area contributed by atoms with Crippen molar-refractivity contribution >= 4 is 11.7 Å². The summed E-state index contributed by atoms with van der Waals surface area (Å²) in [4.78, 5) is 15.2. The number of hydrogen-bond donors (Lipinski definition) is 1. The lowest BCUT2D eigenvalue weighted by atomic mass is 10.1. The summed E-state index contributed by atoms with van der Waals surface area (Å²) >= 11 is 0. The molecule has 0 spiro atoms. The molecule has 1 unspecified atom stereocenters. The molecular formula is C11H10F2N2O. The number of amides is 1. The molecule has 1 heterocycles. The molecule has 1 aliphatic heterocycles. The van der Waals surface area contributed by atoms with Crippen molar-refractivity contribution in [1.82, 2.24) is 5.32 Å². The third-order valence-corrected chi connectivity index (χ3v) is 2.29. The van der Waals surface area contributed by atoms with Crippen molar-refractivity contribution < 1.29 is 13.6 Å². The number of aliphatic imine (C=N–C) groups is 1. The molecule has 1 atom stereocenters. The van der Waals surface area contributed by atoms with E-state index in [1.54, 1.807) is 6.92 Å². The molecule has 0 saturated carbocycles. The van der Waals surface area contributed by atoms with Crippen molar-refractivity contribution in [2.75, 3.05) is 0 Å². The van der Waals surface area contributed by atoms with Gasteiger partial charge in [-0.2, -0.15) is 0 Å². The SMILES string of the molecule is CC1N=C(Cc2cc(F)cc(F)c2)NC1=O. The highest BCUT2D eigenvalue weighted by molar-refractivity contribution is 6.06. The Kier molecular flexibility index (Phi) is 2.68. The van der Waals surface area contributed by atoms with Crippen LogP contribution < -0.4 is 5.32 Å². The van der Waals surface area contributed by atoms with E-state index in [1.165, 1.54) is 12.1 Å². The lowest BCUT2D eigenvalue weighted by Crippen LogP contribution is -2.28. The van der Waals surface area contributed by atoms with Crippen molar-refractivity contribution in [2.24, 2.45) is 4.99 Å². The monoisotopic (exact) mass is 224 g/mol. The van der Waals surface area contributed by atoms with Crippen molar-refractivity contribution in [3.63, 3.8) is 0 Å². The fourth-order valence-electron chi connectivity index (χ4n) is 1.57. The lowest BCUT2D eigenvalue weighted by molar-refractivity contribution is -0.119. The Balaban J connectivity index is 2.16. The van der Waals surface area contributed by atoms with Gasteiger partial charge in [-0.1, -0.05) is 0 Å². The van der Waals surface area contributed by atoms with Gasteiger partial charge in [0.2, 0.25) is 5.91 Å². The summed E-state index contributed by atoms with van der Waals surface area (Å²) in [6.07, 6.45) is 0.227. The maximum Gasteiger partial charge on any atom is 0.249 e. The van der Waals surface area contributed by atoms with E-state index in [0.29, 0.717) is 11.4 Å². The summed E-state index contributed by atoms with van der Waals surface area (Å²) in [5, 5.41) is 2.56. The van der Waals surface area contributed by atoms with Crippen LogP contribution in [0.2, 0.25) is 0 Å². The highest BCUT2D eigenvalue weighted by Crippen LogP contribution is 2.10. The first kappa shape index (κ1) is 10.7. The fourth-order valence-corrected chi connectivity index (χ4v) is 1.57. The number of carbonyl (C=O) groups excluding carboxylic acids is 1. The van der Waals surface area contributed by atoms with E-state index in [-0.39, 0.29) is 12.3 Å². The zero-order valence-electron chi connectivity index (χ0n) is 8.63. The molecule has 0 aliphatic carbocycles. The number of amidine groups is 1. The molecule has 2 rings (SSSR count). The first-order valence-corrected chi connectivity index (χ1v) is 4.87. The Morgan fingerprint density at radius 2 is 1.94 bits per heavy atom. The zero-order valence-corrected chi connectivity index (χ0v) is 8.63. The van der Waals surface area contributed by atoms with Crippen LogP contribution in [0, 0.1) is 11.6 Å². The van der Waals surface area contributed by atoms with Crippen LogP contribution in [0.1, 0.15) is 12.5 Å². The van der Waals surface area contributed by atoms with E-state index in [4.69, 9.17) is 0 Å². The van der Waals surface area contributed by atoms with Crippen LogP contribution in [0.4, 0.5) is 8.78 Å². The fraction of sp³-hybridized carbons (Fsp3) is 0.273. The van der Waals surface area contributed by atoms with Gasteiger partial charge in [0.15, 0.2) is 0 Å². The first-order chi connectivity index (χ1) is 7.54. The van der Waals surface area contributed by atoms with Crippen LogP contribution >= 0.6 is 0 Å². The van der Waals surface area contributed by atoms with Gasteiger partial charge in [-0.05, 0) is 24.6 Å². The third-order valence-electron chi connectivity index (χ3n) is 2.29. The Hall–Kier alpha value is -1.78. The summed E-state index contributed by atoms with van der Waals surface area (Å²) in [5.74, 6) is -1.00. The molecule has 84 valence electrons. The van der Waals surface area contributed by atoms with Gasteiger partial charge in [0.1, 0.15) is 23.5 Å². The van der Waals surface area contributed by atoms with E-state index in [0.717, 1.165) is 6.07 Å². The van der Waals surface area contributed by atoms with Crippen molar-refractivity contribution in [3.8, 4) is 0 Å². The lowest BCUT2D eigenvalue weighted by Gasteiger charge is -2.02. The summed E-state index contributed by atoms with van der Waals surface area (Å²) in [6.45, 7) is 1.66. The minimum absolute atomic E-state index is 0.188. The molecule has 3 nitrogen and oxygen atoms in total. The number of hydrogen-bond acceptors (Lipinski definition) is 2. The minimum Gasteiger partial charge on any atom is -0.312 e. The summed E-state index contributed by atoms with van der Waals surface area (Å²) in [5.41, 5.74) is 0.450. The average Bonchev–Trinajstić information content (AvgIpc) is 2.43. The van der Waals surface area contributed by atoms with Crippen molar-refractivity contribution in [1.29, 1.82) is 0 Å². The van der Waals surface area contributed by atoms with E-state index >= 15 is 0 Å². The Labute approximate surface area is 91.2 Å². The molecule has 0 aromatic heterocycles. The van der Waals surface area contributed by atoms with Gasteiger partial charge in [0, 0.05) is 12.5 Å². The van der Waals surface area contributed by atoms with Gasteiger partial charge >= 0.3 is 0 Å². The second kappa shape index (κ2) is 4.00. The van der Waals surface area contributed by atoms with Crippen molar-refractivity contribution in [3.05, 3.63) is 35.4 Å². The van der Waals surface area contributed by atoms with Gasteiger partial charge in [0.25, 0.3) is 0 Å². The Bertz CT molecular complexity index is 451. The number of benzene rings is 1. The van der Waals surface area contributed by atoms with Crippen LogP contribution in [0.3, 0.4) is 0 Å². The van der Waals surface area contributed by atoms with E-state index in [2.05, 4.69) is 10.3 Å². The quantitative estimate of drug-likeness (QED) is 0.811. The van der Waals surface area contributed by atoms with Crippen LogP contribution in [-0.4, -0.2) is 17.8 Å². The summed E-state index contributed by atoms with van der Waals surface area (Å²) < 4.78 is 25.8. The molecular weight excluding hydrogens is 214 g/mol. The highest BCUT2D eigenvalue weighted by atomic mass is 19.1. The molecule has 1 amide bonds. The second-order valence-electron chi connectivity index (χ2n) is 3.70. The highest BCUT2D eigenvalue weighted by Gasteiger charge is 2.21. The van der Waals surface area contributed by atoms with E-state index in [9.17, 15) is 13.6 Å². The third kappa shape index (κ3) is 2.24. The normalized spacial score (nSPS) is 19.6. The Morgan fingerprint density at radius 1 is 1.31 bits per heavy atom. The smallest absolute Gasteiger partial charge is 0.249 e. The molecule has 0 fully saturated rings. The molecule has 1 aliphatic rings. The van der Waals surface area contributed by atoms with E-state index < -0.39 is 17.7 Å². The maximum atomic E-state index is 12.9. The predicted molar refractivity (Wildman–Crippen MR) is 55.1 cm³/mol. The predicted octanol–water partition coefficient (Wildman–Crippen LogP) is 1.42. The molecule has 1 N–H and O–H groups in total. The largest absolute Gasteiger partial charge is 0.312 e. The van der Waals surface area contributed by atoms with Crippen LogP contribution in [0.15, 0.2) is 23.2 Å². The van der Waals surface area contributed by atoms with Gasteiger partial charge in [-0.25, -0.2) is 8.78 Å². The molecule has 5 heteroatoms. The number of nitrogens with one attached hydrogen (secondary N) is 1. The number of nitrogens with zero attached hydrogens (tertiary/aromatic N) is 1. The molecule has 1 aromatic carbocycles. The first-order valence-electron chi connectivity index (χ1n) is 4.87. The maximum absolute atomic E-state index is 12.9. The van der Waals surface area contributed by atoms with Gasteiger partial charge in [-0.15, -0.1) is 0 Å². The van der Waals surface area contributed by atoms with Crippen molar-refractivity contribution in [2.45, 2.75) is 19.4 Å². The van der Waals surface area contributed by atoms with E-state index in [1.807, 2.05) is 0 Å². The molecule has 0 radical (unpaired) electrons.